The molecular weight excluding hydrogens is 323 g/mol. The Balaban J connectivity index is 1.42. The van der Waals surface area contributed by atoms with E-state index < -0.39 is 11.9 Å². The van der Waals surface area contributed by atoms with Gasteiger partial charge in [0.05, 0.1) is 0 Å². The van der Waals surface area contributed by atoms with Gasteiger partial charge in [-0.3, -0.25) is 9.59 Å². The highest BCUT2D eigenvalue weighted by Crippen LogP contribution is 2.27. The molecule has 3 rings (SSSR count). The molecule has 0 aliphatic carbocycles. The Labute approximate surface area is 145 Å². The van der Waals surface area contributed by atoms with E-state index >= 15 is 0 Å². The summed E-state index contributed by atoms with van der Waals surface area (Å²) in [4.78, 5) is 24.1. The fourth-order valence-electron chi connectivity index (χ4n) is 2.64. The van der Waals surface area contributed by atoms with Crippen LogP contribution in [0.1, 0.15) is 21.5 Å². The lowest BCUT2D eigenvalue weighted by Gasteiger charge is -2.12. The molecule has 0 spiro atoms. The number of ether oxygens (including phenoxy) is 1. The monoisotopic (exact) mass is 342 g/mol. The maximum Gasteiger partial charge on any atom is 0.261 e. The summed E-state index contributed by atoms with van der Waals surface area (Å²) >= 11 is 0. The van der Waals surface area contributed by atoms with Gasteiger partial charge in [0.15, 0.2) is 6.10 Å². The van der Waals surface area contributed by atoms with Crippen LogP contribution in [-0.4, -0.2) is 31.0 Å². The van der Waals surface area contributed by atoms with E-state index in [0.717, 1.165) is 11.3 Å². The number of fused-ring (bicyclic) bond motifs is 1. The first-order valence-corrected chi connectivity index (χ1v) is 8.11. The van der Waals surface area contributed by atoms with Crippen LogP contribution in [0, 0.1) is 12.7 Å². The molecule has 6 heteroatoms. The quantitative estimate of drug-likeness (QED) is 0.817. The molecular formula is C19H19FN2O3. The van der Waals surface area contributed by atoms with Gasteiger partial charge in [-0.25, -0.2) is 4.39 Å². The minimum atomic E-state index is -0.542. The van der Waals surface area contributed by atoms with Gasteiger partial charge in [-0.15, -0.1) is 0 Å². The average Bonchev–Trinajstić information content (AvgIpc) is 3.05. The SMILES string of the molecule is Cc1ccc(C(=O)NCCNC(=O)[C@H]2Cc3ccccc3O2)cc1F. The van der Waals surface area contributed by atoms with Gasteiger partial charge in [-0.05, 0) is 36.2 Å². The minimum absolute atomic E-state index is 0.216. The van der Waals surface area contributed by atoms with Crippen LogP contribution in [0.25, 0.3) is 0 Å². The number of amides is 2. The number of carbonyl (C=O) groups excluding carboxylic acids is 2. The molecule has 130 valence electrons. The van der Waals surface area contributed by atoms with Crippen molar-refractivity contribution in [2.75, 3.05) is 13.1 Å². The summed E-state index contributed by atoms with van der Waals surface area (Å²) in [7, 11) is 0. The smallest absolute Gasteiger partial charge is 0.261 e. The number of para-hydroxylation sites is 1. The molecule has 1 heterocycles. The van der Waals surface area contributed by atoms with Crippen LogP contribution < -0.4 is 15.4 Å². The van der Waals surface area contributed by atoms with Crippen LogP contribution >= 0.6 is 0 Å². The molecule has 1 atom stereocenters. The number of hydrogen-bond acceptors (Lipinski definition) is 3. The predicted octanol–water partition coefficient (Wildman–Crippen LogP) is 1.98. The van der Waals surface area contributed by atoms with Crippen molar-refractivity contribution in [1.29, 1.82) is 0 Å². The third kappa shape index (κ3) is 3.96. The Kier molecular flexibility index (Phi) is 4.97. The second-order valence-electron chi connectivity index (χ2n) is 5.93. The Morgan fingerprint density at radius 2 is 1.92 bits per heavy atom. The average molecular weight is 342 g/mol. The van der Waals surface area contributed by atoms with E-state index in [-0.39, 0.29) is 30.5 Å². The summed E-state index contributed by atoms with van der Waals surface area (Å²) in [5, 5.41) is 5.38. The zero-order valence-corrected chi connectivity index (χ0v) is 13.8. The highest BCUT2D eigenvalue weighted by Gasteiger charge is 2.28. The molecule has 25 heavy (non-hydrogen) atoms. The molecule has 1 aliphatic rings. The van der Waals surface area contributed by atoms with Crippen molar-refractivity contribution < 1.29 is 18.7 Å². The third-order valence-electron chi connectivity index (χ3n) is 4.08. The molecule has 2 amide bonds. The maximum atomic E-state index is 13.5. The second kappa shape index (κ2) is 7.34. The van der Waals surface area contributed by atoms with Gasteiger partial charge in [0.2, 0.25) is 0 Å². The second-order valence-corrected chi connectivity index (χ2v) is 5.93. The van der Waals surface area contributed by atoms with Crippen molar-refractivity contribution >= 4 is 11.8 Å². The van der Waals surface area contributed by atoms with Crippen LogP contribution in [-0.2, 0) is 11.2 Å². The summed E-state index contributed by atoms with van der Waals surface area (Å²) in [6.45, 7) is 2.16. The van der Waals surface area contributed by atoms with E-state index in [0.29, 0.717) is 12.0 Å². The summed E-state index contributed by atoms with van der Waals surface area (Å²) in [6.07, 6.45) is -0.00362. The molecule has 0 radical (unpaired) electrons. The first-order valence-electron chi connectivity index (χ1n) is 8.11. The molecule has 0 aromatic heterocycles. The standard InChI is InChI=1S/C19H19FN2O3/c1-12-6-7-14(10-15(12)20)18(23)21-8-9-22-19(24)17-11-13-4-2-3-5-16(13)25-17/h2-7,10,17H,8-9,11H2,1H3,(H,21,23)(H,22,24)/t17-/m1/s1. The highest BCUT2D eigenvalue weighted by molar-refractivity contribution is 5.94. The number of benzene rings is 2. The van der Waals surface area contributed by atoms with Gasteiger partial charge in [-0.2, -0.15) is 0 Å². The lowest BCUT2D eigenvalue weighted by molar-refractivity contribution is -0.127. The molecule has 0 unspecified atom stereocenters. The van der Waals surface area contributed by atoms with Gasteiger partial charge >= 0.3 is 0 Å². The summed E-state index contributed by atoms with van der Waals surface area (Å²) in [5.74, 6) is -0.277. The first kappa shape index (κ1) is 17.0. The fourth-order valence-corrected chi connectivity index (χ4v) is 2.64. The lowest BCUT2D eigenvalue weighted by Crippen LogP contribution is -2.41. The Bertz CT molecular complexity index is 782. The van der Waals surface area contributed by atoms with Crippen LogP contribution in [0.3, 0.4) is 0 Å². The topological polar surface area (TPSA) is 67.4 Å². The largest absolute Gasteiger partial charge is 0.480 e. The maximum absolute atomic E-state index is 13.5. The first-order chi connectivity index (χ1) is 12.0. The normalized spacial score (nSPS) is 15.2. The van der Waals surface area contributed by atoms with Crippen molar-refractivity contribution in [3.63, 3.8) is 0 Å². The molecule has 0 fully saturated rings. The van der Waals surface area contributed by atoms with Gasteiger partial charge in [-0.1, -0.05) is 24.3 Å². The van der Waals surface area contributed by atoms with E-state index in [4.69, 9.17) is 4.74 Å². The van der Waals surface area contributed by atoms with E-state index in [2.05, 4.69) is 10.6 Å². The van der Waals surface area contributed by atoms with Crippen LogP contribution in [0.15, 0.2) is 42.5 Å². The highest BCUT2D eigenvalue weighted by atomic mass is 19.1. The van der Waals surface area contributed by atoms with E-state index in [1.165, 1.54) is 6.07 Å². The number of aryl methyl sites for hydroxylation is 1. The zero-order valence-electron chi connectivity index (χ0n) is 13.8. The molecule has 2 N–H and O–H groups in total. The van der Waals surface area contributed by atoms with E-state index in [1.807, 2.05) is 24.3 Å². The third-order valence-corrected chi connectivity index (χ3v) is 4.08. The minimum Gasteiger partial charge on any atom is -0.480 e. The van der Waals surface area contributed by atoms with Gasteiger partial charge in [0.25, 0.3) is 11.8 Å². The number of halogens is 1. The van der Waals surface area contributed by atoms with Crippen molar-refractivity contribution in [2.24, 2.45) is 0 Å². The van der Waals surface area contributed by atoms with Crippen molar-refractivity contribution in [3.8, 4) is 5.75 Å². The van der Waals surface area contributed by atoms with Crippen molar-refractivity contribution in [3.05, 3.63) is 65.0 Å². The van der Waals surface area contributed by atoms with E-state index in [9.17, 15) is 14.0 Å². The molecule has 1 aliphatic heterocycles. The van der Waals surface area contributed by atoms with Crippen LogP contribution in [0.4, 0.5) is 4.39 Å². The fraction of sp³-hybridized carbons (Fsp3) is 0.263. The number of carbonyl (C=O) groups is 2. The van der Waals surface area contributed by atoms with Gasteiger partial charge in [0, 0.05) is 25.1 Å². The summed E-state index contributed by atoms with van der Waals surface area (Å²) in [6, 6.07) is 11.9. The Morgan fingerprint density at radius 1 is 1.16 bits per heavy atom. The Hall–Kier alpha value is -2.89. The van der Waals surface area contributed by atoms with E-state index in [1.54, 1.807) is 19.1 Å². The molecule has 0 saturated carbocycles. The number of rotatable bonds is 5. The summed E-state index contributed by atoms with van der Waals surface area (Å²) < 4.78 is 19.1. The van der Waals surface area contributed by atoms with Crippen LogP contribution in [0.2, 0.25) is 0 Å². The molecule has 0 bridgehead atoms. The van der Waals surface area contributed by atoms with Crippen molar-refractivity contribution in [1.82, 2.24) is 10.6 Å². The Morgan fingerprint density at radius 3 is 2.68 bits per heavy atom. The molecule has 5 nitrogen and oxygen atoms in total. The summed E-state index contributed by atoms with van der Waals surface area (Å²) in [5.41, 5.74) is 1.75. The number of hydrogen-bond donors (Lipinski definition) is 2. The zero-order chi connectivity index (χ0) is 17.8. The molecule has 2 aromatic carbocycles. The molecule has 2 aromatic rings. The molecule has 0 saturated heterocycles. The predicted molar refractivity (Wildman–Crippen MR) is 91.0 cm³/mol. The van der Waals surface area contributed by atoms with Gasteiger partial charge in [0.1, 0.15) is 11.6 Å². The lowest BCUT2D eigenvalue weighted by atomic mass is 10.1. The van der Waals surface area contributed by atoms with Crippen LogP contribution in [0.5, 0.6) is 5.75 Å². The van der Waals surface area contributed by atoms with Crippen molar-refractivity contribution in [2.45, 2.75) is 19.4 Å². The van der Waals surface area contributed by atoms with Gasteiger partial charge < -0.3 is 15.4 Å². The number of nitrogens with one attached hydrogen (secondary N) is 2.